The fourth-order valence-corrected chi connectivity index (χ4v) is 3.56. The Labute approximate surface area is 178 Å². The van der Waals surface area contributed by atoms with Gasteiger partial charge in [0.1, 0.15) is 11.6 Å². The number of hydrogen-bond acceptors (Lipinski definition) is 2. The van der Waals surface area contributed by atoms with E-state index in [9.17, 15) is 14.0 Å². The SMILES string of the molecule is Cc1ccc(-c2ccccc2C(=O)C(=O)c2ccccc2)c(-c2ccc(F)cc2)c1F. The Hall–Kier alpha value is -3.92. The molecule has 0 unspecified atom stereocenters. The third-order valence-corrected chi connectivity index (χ3v) is 5.17. The van der Waals surface area contributed by atoms with Crippen LogP contribution in [0.4, 0.5) is 8.78 Å². The monoisotopic (exact) mass is 412 g/mol. The van der Waals surface area contributed by atoms with Crippen molar-refractivity contribution in [3.8, 4) is 22.3 Å². The molecule has 0 aliphatic heterocycles. The van der Waals surface area contributed by atoms with Gasteiger partial charge in [-0.25, -0.2) is 8.78 Å². The van der Waals surface area contributed by atoms with Gasteiger partial charge in [-0.15, -0.1) is 0 Å². The number of Topliss-reactive ketones (excluding diaryl/α,β-unsaturated/α-hetero) is 2. The van der Waals surface area contributed by atoms with E-state index >= 15 is 4.39 Å². The van der Waals surface area contributed by atoms with Crippen LogP contribution in [0.25, 0.3) is 22.3 Å². The third kappa shape index (κ3) is 3.92. The summed E-state index contributed by atoms with van der Waals surface area (Å²) in [4.78, 5) is 25.9. The number of benzene rings is 4. The Morgan fingerprint density at radius 3 is 2.00 bits per heavy atom. The third-order valence-electron chi connectivity index (χ3n) is 5.17. The van der Waals surface area contributed by atoms with Crippen LogP contribution in [0.1, 0.15) is 26.3 Å². The number of halogens is 2. The van der Waals surface area contributed by atoms with Gasteiger partial charge in [-0.2, -0.15) is 0 Å². The summed E-state index contributed by atoms with van der Waals surface area (Å²) in [5.41, 5.74) is 2.53. The van der Waals surface area contributed by atoms with E-state index in [1.807, 2.05) is 0 Å². The van der Waals surface area contributed by atoms with E-state index in [4.69, 9.17) is 0 Å². The van der Waals surface area contributed by atoms with Crippen LogP contribution in [-0.4, -0.2) is 11.6 Å². The van der Waals surface area contributed by atoms with Crippen molar-refractivity contribution in [2.45, 2.75) is 6.92 Å². The fraction of sp³-hybridized carbons (Fsp3) is 0.0370. The largest absolute Gasteiger partial charge is 0.285 e. The lowest BCUT2D eigenvalue weighted by Crippen LogP contribution is -2.15. The molecule has 0 aliphatic carbocycles. The standard InChI is InChI=1S/C27H18F2O2/c1-17-11-16-22(24(25(17)29)18-12-14-20(28)15-13-18)21-9-5-6-10-23(21)27(31)26(30)19-7-3-2-4-8-19/h2-16H,1H3. The second-order valence-corrected chi connectivity index (χ2v) is 7.20. The number of hydrogen-bond donors (Lipinski definition) is 0. The number of rotatable bonds is 5. The molecule has 0 atom stereocenters. The molecule has 4 aromatic rings. The van der Waals surface area contributed by atoms with E-state index < -0.39 is 23.2 Å². The first-order chi connectivity index (χ1) is 15.0. The maximum absolute atomic E-state index is 15.2. The topological polar surface area (TPSA) is 34.1 Å². The van der Waals surface area contributed by atoms with E-state index in [1.54, 1.807) is 73.7 Å². The van der Waals surface area contributed by atoms with E-state index in [0.29, 0.717) is 22.3 Å². The Balaban J connectivity index is 1.89. The molecule has 0 aliphatic rings. The summed E-state index contributed by atoms with van der Waals surface area (Å²) in [7, 11) is 0. The minimum Gasteiger partial charge on any atom is -0.285 e. The highest BCUT2D eigenvalue weighted by atomic mass is 19.1. The summed E-state index contributed by atoms with van der Waals surface area (Å²) >= 11 is 0. The van der Waals surface area contributed by atoms with Crippen LogP contribution in [-0.2, 0) is 0 Å². The van der Waals surface area contributed by atoms with Crippen molar-refractivity contribution in [2.75, 3.05) is 0 Å². The van der Waals surface area contributed by atoms with Crippen LogP contribution >= 0.6 is 0 Å². The second kappa shape index (κ2) is 8.44. The number of aryl methyl sites for hydroxylation is 1. The van der Waals surface area contributed by atoms with Crippen LogP contribution in [0.2, 0.25) is 0 Å². The molecule has 0 radical (unpaired) electrons. The van der Waals surface area contributed by atoms with Crippen molar-refractivity contribution in [3.05, 3.63) is 119 Å². The van der Waals surface area contributed by atoms with Gasteiger partial charge < -0.3 is 0 Å². The average molecular weight is 412 g/mol. The summed E-state index contributed by atoms with van der Waals surface area (Å²) < 4.78 is 28.7. The van der Waals surface area contributed by atoms with Crippen molar-refractivity contribution >= 4 is 11.6 Å². The van der Waals surface area contributed by atoms with Crippen LogP contribution in [0, 0.1) is 18.6 Å². The zero-order valence-electron chi connectivity index (χ0n) is 16.7. The second-order valence-electron chi connectivity index (χ2n) is 7.20. The quantitative estimate of drug-likeness (QED) is 0.271. The summed E-state index contributed by atoms with van der Waals surface area (Å²) in [6.07, 6.45) is 0. The highest BCUT2D eigenvalue weighted by molar-refractivity contribution is 6.50. The highest BCUT2D eigenvalue weighted by Gasteiger charge is 2.24. The van der Waals surface area contributed by atoms with Crippen LogP contribution < -0.4 is 0 Å². The molecule has 4 heteroatoms. The van der Waals surface area contributed by atoms with Gasteiger partial charge in [0.15, 0.2) is 0 Å². The van der Waals surface area contributed by atoms with E-state index in [2.05, 4.69) is 0 Å². The molecule has 0 heterocycles. The molecule has 4 aromatic carbocycles. The predicted octanol–water partition coefficient (Wildman–Crippen LogP) is 6.67. The van der Waals surface area contributed by atoms with Gasteiger partial charge in [0.25, 0.3) is 0 Å². The number of ketones is 2. The van der Waals surface area contributed by atoms with Gasteiger partial charge in [0.2, 0.25) is 11.6 Å². The Morgan fingerprint density at radius 2 is 1.29 bits per heavy atom. The van der Waals surface area contributed by atoms with Gasteiger partial charge in [-0.3, -0.25) is 9.59 Å². The Morgan fingerprint density at radius 1 is 0.645 bits per heavy atom. The Kier molecular flexibility index (Phi) is 5.54. The number of carbonyl (C=O) groups excluding carboxylic acids is 2. The molecule has 0 amide bonds. The minimum atomic E-state index is -0.673. The molecule has 31 heavy (non-hydrogen) atoms. The zero-order valence-corrected chi connectivity index (χ0v) is 16.7. The van der Waals surface area contributed by atoms with Crippen molar-refractivity contribution < 1.29 is 18.4 Å². The van der Waals surface area contributed by atoms with Crippen LogP contribution in [0.15, 0.2) is 91.0 Å². The van der Waals surface area contributed by atoms with E-state index in [0.717, 1.165) is 0 Å². The lowest BCUT2D eigenvalue weighted by Gasteiger charge is -2.16. The molecule has 4 rings (SSSR count). The molecule has 0 saturated heterocycles. The van der Waals surface area contributed by atoms with Crippen LogP contribution in [0.3, 0.4) is 0 Å². The van der Waals surface area contributed by atoms with Gasteiger partial charge in [-0.05, 0) is 41.3 Å². The number of carbonyl (C=O) groups is 2. The fourth-order valence-electron chi connectivity index (χ4n) is 3.56. The summed E-state index contributed by atoms with van der Waals surface area (Å²) in [5.74, 6) is -2.19. The lowest BCUT2D eigenvalue weighted by atomic mass is 9.88. The lowest BCUT2D eigenvalue weighted by molar-refractivity contribution is 0.0817. The van der Waals surface area contributed by atoms with Crippen LogP contribution in [0.5, 0.6) is 0 Å². The van der Waals surface area contributed by atoms with Gasteiger partial charge >= 0.3 is 0 Å². The predicted molar refractivity (Wildman–Crippen MR) is 117 cm³/mol. The van der Waals surface area contributed by atoms with Gasteiger partial charge in [-0.1, -0.05) is 78.9 Å². The summed E-state index contributed by atoms with van der Waals surface area (Å²) in [5, 5.41) is 0. The van der Waals surface area contributed by atoms with Crippen molar-refractivity contribution in [2.24, 2.45) is 0 Å². The maximum Gasteiger partial charge on any atom is 0.234 e. The molecule has 152 valence electrons. The average Bonchev–Trinajstić information content (AvgIpc) is 2.81. The molecule has 0 spiro atoms. The van der Waals surface area contributed by atoms with E-state index in [1.165, 1.54) is 24.3 Å². The van der Waals surface area contributed by atoms with E-state index in [-0.39, 0.29) is 16.7 Å². The first-order valence-corrected chi connectivity index (χ1v) is 9.76. The molecular formula is C27H18F2O2. The van der Waals surface area contributed by atoms with Crippen molar-refractivity contribution in [1.29, 1.82) is 0 Å². The Bertz CT molecular complexity index is 1280. The van der Waals surface area contributed by atoms with Crippen molar-refractivity contribution in [1.82, 2.24) is 0 Å². The molecule has 0 N–H and O–H groups in total. The molecule has 0 saturated carbocycles. The molecule has 0 aromatic heterocycles. The molecule has 0 fully saturated rings. The van der Waals surface area contributed by atoms with Gasteiger partial charge in [0.05, 0.1) is 0 Å². The molecular weight excluding hydrogens is 394 g/mol. The summed E-state index contributed by atoms with van der Waals surface area (Å²) in [6.45, 7) is 1.64. The molecule has 0 bridgehead atoms. The maximum atomic E-state index is 15.2. The highest BCUT2D eigenvalue weighted by Crippen LogP contribution is 2.37. The van der Waals surface area contributed by atoms with Crippen molar-refractivity contribution in [3.63, 3.8) is 0 Å². The molecule has 2 nitrogen and oxygen atoms in total. The van der Waals surface area contributed by atoms with Gasteiger partial charge in [0, 0.05) is 16.7 Å². The smallest absolute Gasteiger partial charge is 0.234 e. The summed E-state index contributed by atoms with van der Waals surface area (Å²) in [6, 6.07) is 23.8. The first kappa shape index (κ1) is 20.4. The first-order valence-electron chi connectivity index (χ1n) is 9.76. The zero-order chi connectivity index (χ0) is 22.0. The minimum absolute atomic E-state index is 0.183. The normalized spacial score (nSPS) is 10.7.